The van der Waals surface area contributed by atoms with E-state index in [2.05, 4.69) is 10.4 Å². The Morgan fingerprint density at radius 1 is 1.37 bits per heavy atom. The van der Waals surface area contributed by atoms with E-state index in [1.165, 1.54) is 0 Å². The number of aryl methyl sites for hydroxylation is 1. The summed E-state index contributed by atoms with van der Waals surface area (Å²) >= 11 is 0. The molecule has 1 aromatic heterocycles. The number of carbonyl (C=O) groups is 1. The van der Waals surface area contributed by atoms with Crippen LogP contribution in [0.15, 0.2) is 42.6 Å². The average molecular weight is 258 g/mol. The number of aromatic nitrogens is 2. The highest BCUT2D eigenvalue weighted by Crippen LogP contribution is 2.02. The molecular formula is C14H18N4O. The van der Waals surface area contributed by atoms with E-state index in [4.69, 9.17) is 5.73 Å². The van der Waals surface area contributed by atoms with Gasteiger partial charge in [-0.1, -0.05) is 30.3 Å². The topological polar surface area (TPSA) is 72.9 Å². The Morgan fingerprint density at radius 3 is 2.74 bits per heavy atom. The van der Waals surface area contributed by atoms with Gasteiger partial charge < -0.3 is 11.1 Å². The minimum Gasteiger partial charge on any atom is -0.349 e. The molecule has 1 heterocycles. The van der Waals surface area contributed by atoms with Gasteiger partial charge in [0.05, 0.1) is 18.3 Å². The smallest absolute Gasteiger partial charge is 0.237 e. The van der Waals surface area contributed by atoms with Crippen LogP contribution in [0.25, 0.3) is 0 Å². The maximum Gasteiger partial charge on any atom is 0.237 e. The van der Waals surface area contributed by atoms with Gasteiger partial charge in [0.25, 0.3) is 0 Å². The second-order valence-electron chi connectivity index (χ2n) is 4.49. The molecule has 5 nitrogen and oxygen atoms in total. The normalized spacial score (nSPS) is 12.1. The van der Waals surface area contributed by atoms with Crippen LogP contribution < -0.4 is 11.1 Å². The Kier molecular flexibility index (Phi) is 4.30. The van der Waals surface area contributed by atoms with Gasteiger partial charge in [-0.05, 0) is 18.1 Å². The van der Waals surface area contributed by atoms with E-state index in [9.17, 15) is 4.79 Å². The first kappa shape index (κ1) is 13.3. The van der Waals surface area contributed by atoms with E-state index < -0.39 is 6.04 Å². The Hall–Kier alpha value is -2.14. The quantitative estimate of drug-likeness (QED) is 0.825. The van der Waals surface area contributed by atoms with Crippen molar-refractivity contribution in [1.29, 1.82) is 0 Å². The van der Waals surface area contributed by atoms with Gasteiger partial charge in [0.2, 0.25) is 5.91 Å². The molecule has 0 fully saturated rings. The molecule has 1 atom stereocenters. The van der Waals surface area contributed by atoms with Gasteiger partial charge >= 0.3 is 0 Å². The highest BCUT2D eigenvalue weighted by atomic mass is 16.2. The van der Waals surface area contributed by atoms with Gasteiger partial charge in [0.15, 0.2) is 0 Å². The largest absolute Gasteiger partial charge is 0.349 e. The van der Waals surface area contributed by atoms with E-state index in [0.717, 1.165) is 11.3 Å². The van der Waals surface area contributed by atoms with Crippen molar-refractivity contribution in [2.45, 2.75) is 19.0 Å². The lowest BCUT2D eigenvalue weighted by Gasteiger charge is -2.11. The maximum atomic E-state index is 11.9. The van der Waals surface area contributed by atoms with Crippen LogP contribution in [0.4, 0.5) is 0 Å². The highest BCUT2D eigenvalue weighted by molar-refractivity contribution is 5.81. The van der Waals surface area contributed by atoms with Gasteiger partial charge in [-0.3, -0.25) is 9.48 Å². The zero-order valence-electron chi connectivity index (χ0n) is 10.9. The lowest BCUT2D eigenvalue weighted by Crippen LogP contribution is -2.41. The molecule has 0 unspecified atom stereocenters. The molecule has 100 valence electrons. The van der Waals surface area contributed by atoms with Crippen LogP contribution in [-0.2, 0) is 24.8 Å². The molecule has 5 heteroatoms. The second kappa shape index (κ2) is 6.15. The summed E-state index contributed by atoms with van der Waals surface area (Å²) in [5.41, 5.74) is 7.76. The molecule has 0 aliphatic rings. The summed E-state index contributed by atoms with van der Waals surface area (Å²) in [6.07, 6.45) is 2.38. The van der Waals surface area contributed by atoms with Crippen LogP contribution in [-0.4, -0.2) is 21.7 Å². The van der Waals surface area contributed by atoms with Gasteiger partial charge in [0, 0.05) is 13.2 Å². The number of hydrogen-bond acceptors (Lipinski definition) is 3. The molecular weight excluding hydrogens is 240 g/mol. The SMILES string of the molecule is Cn1ccc(CNC(=O)[C@H](N)Cc2ccccc2)n1. The number of benzene rings is 1. The third kappa shape index (κ3) is 3.93. The van der Waals surface area contributed by atoms with Crippen LogP contribution in [0.2, 0.25) is 0 Å². The minimum atomic E-state index is -0.536. The van der Waals surface area contributed by atoms with Crippen molar-refractivity contribution in [3.8, 4) is 0 Å². The van der Waals surface area contributed by atoms with E-state index in [0.29, 0.717) is 13.0 Å². The van der Waals surface area contributed by atoms with Crippen LogP contribution >= 0.6 is 0 Å². The number of nitrogens with zero attached hydrogens (tertiary/aromatic N) is 2. The summed E-state index contributed by atoms with van der Waals surface area (Å²) in [5, 5.41) is 6.98. The summed E-state index contributed by atoms with van der Waals surface area (Å²) in [7, 11) is 1.84. The molecule has 2 aromatic rings. The van der Waals surface area contributed by atoms with Gasteiger partial charge in [-0.2, -0.15) is 5.10 Å². The predicted octanol–water partition coefficient (Wildman–Crippen LogP) is 0.606. The summed E-state index contributed by atoms with van der Waals surface area (Å²) in [5.74, 6) is -0.158. The van der Waals surface area contributed by atoms with Crippen LogP contribution in [0, 0.1) is 0 Å². The van der Waals surface area contributed by atoms with Gasteiger partial charge in [0.1, 0.15) is 0 Å². The molecule has 0 spiro atoms. The van der Waals surface area contributed by atoms with E-state index >= 15 is 0 Å². The van der Waals surface area contributed by atoms with Crippen LogP contribution in [0.5, 0.6) is 0 Å². The Morgan fingerprint density at radius 2 is 2.11 bits per heavy atom. The third-order valence-corrected chi connectivity index (χ3v) is 2.85. The lowest BCUT2D eigenvalue weighted by atomic mass is 10.1. The molecule has 0 saturated carbocycles. The lowest BCUT2D eigenvalue weighted by molar-refractivity contribution is -0.122. The molecule has 0 bridgehead atoms. The number of amides is 1. The number of nitrogens with one attached hydrogen (secondary N) is 1. The van der Waals surface area contributed by atoms with Crippen molar-refractivity contribution in [1.82, 2.24) is 15.1 Å². The zero-order chi connectivity index (χ0) is 13.7. The fraction of sp³-hybridized carbons (Fsp3) is 0.286. The molecule has 0 aliphatic carbocycles. The molecule has 0 saturated heterocycles. The average Bonchev–Trinajstić information content (AvgIpc) is 2.83. The van der Waals surface area contributed by atoms with Crippen molar-refractivity contribution in [2.75, 3.05) is 0 Å². The fourth-order valence-corrected chi connectivity index (χ4v) is 1.83. The van der Waals surface area contributed by atoms with Crippen molar-refractivity contribution < 1.29 is 4.79 Å². The molecule has 19 heavy (non-hydrogen) atoms. The first-order valence-electron chi connectivity index (χ1n) is 6.21. The summed E-state index contributed by atoms with van der Waals surface area (Å²) in [4.78, 5) is 11.9. The Bertz CT molecular complexity index is 535. The number of rotatable bonds is 5. The molecule has 0 aliphatic heterocycles. The van der Waals surface area contributed by atoms with Crippen molar-refractivity contribution >= 4 is 5.91 Å². The molecule has 1 amide bonds. The van der Waals surface area contributed by atoms with Crippen molar-refractivity contribution in [3.63, 3.8) is 0 Å². The van der Waals surface area contributed by atoms with Crippen molar-refractivity contribution in [3.05, 3.63) is 53.9 Å². The van der Waals surface area contributed by atoms with E-state index in [1.54, 1.807) is 4.68 Å². The molecule has 0 radical (unpaired) electrons. The van der Waals surface area contributed by atoms with Gasteiger partial charge in [-0.15, -0.1) is 0 Å². The van der Waals surface area contributed by atoms with Gasteiger partial charge in [-0.25, -0.2) is 0 Å². The zero-order valence-corrected chi connectivity index (χ0v) is 10.9. The Labute approximate surface area is 112 Å². The fourth-order valence-electron chi connectivity index (χ4n) is 1.83. The monoisotopic (exact) mass is 258 g/mol. The molecule has 3 N–H and O–H groups in total. The third-order valence-electron chi connectivity index (χ3n) is 2.85. The maximum absolute atomic E-state index is 11.9. The number of nitrogens with two attached hydrogens (primary N) is 1. The summed E-state index contributed by atoms with van der Waals surface area (Å²) < 4.78 is 1.70. The Balaban J connectivity index is 1.82. The standard InChI is InChI=1S/C14H18N4O/c1-18-8-7-12(17-18)10-16-14(19)13(15)9-11-5-3-2-4-6-11/h2-8,13H,9-10,15H2,1H3,(H,16,19)/t13-/m1/s1. The van der Waals surface area contributed by atoms with Crippen LogP contribution in [0.1, 0.15) is 11.3 Å². The summed E-state index contributed by atoms with van der Waals surface area (Å²) in [6, 6.07) is 11.1. The van der Waals surface area contributed by atoms with E-state index in [-0.39, 0.29) is 5.91 Å². The summed E-state index contributed by atoms with van der Waals surface area (Å²) in [6.45, 7) is 0.405. The minimum absolute atomic E-state index is 0.158. The molecule has 2 rings (SSSR count). The van der Waals surface area contributed by atoms with Crippen LogP contribution in [0.3, 0.4) is 0 Å². The number of carbonyl (C=O) groups excluding carboxylic acids is 1. The number of hydrogen-bond donors (Lipinski definition) is 2. The predicted molar refractivity (Wildman–Crippen MR) is 73.2 cm³/mol. The second-order valence-corrected chi connectivity index (χ2v) is 4.49. The molecule has 1 aromatic carbocycles. The van der Waals surface area contributed by atoms with Crippen molar-refractivity contribution in [2.24, 2.45) is 12.8 Å². The first-order chi connectivity index (χ1) is 9.15. The first-order valence-corrected chi connectivity index (χ1v) is 6.21. The highest BCUT2D eigenvalue weighted by Gasteiger charge is 2.13. The van der Waals surface area contributed by atoms with E-state index in [1.807, 2.05) is 49.6 Å².